The Morgan fingerprint density at radius 2 is 1.90 bits per heavy atom. The van der Waals surface area contributed by atoms with Crippen molar-refractivity contribution < 1.29 is 13.5 Å². The summed E-state index contributed by atoms with van der Waals surface area (Å²) in [5.74, 6) is -0.201. The molecule has 0 aliphatic rings. The molecule has 0 amide bonds. The van der Waals surface area contributed by atoms with Gasteiger partial charge in [-0.3, -0.25) is 0 Å². The normalized spacial score (nSPS) is 10.7. The van der Waals surface area contributed by atoms with E-state index >= 15 is 0 Å². The molecule has 0 fully saturated rings. The van der Waals surface area contributed by atoms with E-state index in [1.54, 1.807) is 0 Å². The van der Waals surface area contributed by atoms with Crippen LogP contribution in [0.3, 0.4) is 0 Å². The van der Waals surface area contributed by atoms with Gasteiger partial charge >= 0.3 is 0 Å². The molecule has 0 unspecified atom stereocenters. The summed E-state index contributed by atoms with van der Waals surface area (Å²) in [7, 11) is 0. The Kier molecular flexibility index (Phi) is 5.28. The van der Waals surface area contributed by atoms with E-state index in [4.69, 9.17) is 4.74 Å². The zero-order valence-corrected chi connectivity index (χ0v) is 12.2. The van der Waals surface area contributed by atoms with Gasteiger partial charge in [-0.05, 0) is 37.2 Å². The molecule has 0 aliphatic carbocycles. The molecule has 4 heteroatoms. The minimum absolute atomic E-state index is 0.00751. The second-order valence-electron chi connectivity index (χ2n) is 4.87. The Bertz CT molecular complexity index is 614. The summed E-state index contributed by atoms with van der Waals surface area (Å²) in [6.07, 6.45) is 0. The fourth-order valence-electron chi connectivity index (χ4n) is 2.12. The van der Waals surface area contributed by atoms with Gasteiger partial charge in [-0.2, -0.15) is 0 Å². The molecule has 0 atom stereocenters. The Hall–Kier alpha value is -1.94. The van der Waals surface area contributed by atoms with Gasteiger partial charge in [0.2, 0.25) is 0 Å². The number of hydrogen-bond acceptors (Lipinski definition) is 2. The van der Waals surface area contributed by atoms with Crippen LogP contribution in [0.15, 0.2) is 36.4 Å². The highest BCUT2D eigenvalue weighted by Gasteiger charge is 2.09. The van der Waals surface area contributed by atoms with Crippen molar-refractivity contribution in [2.75, 3.05) is 6.54 Å². The molecule has 2 aromatic rings. The molecule has 0 bridgehead atoms. The topological polar surface area (TPSA) is 21.3 Å². The molecular formula is C17H19F2NO. The summed E-state index contributed by atoms with van der Waals surface area (Å²) in [5.41, 5.74) is 2.20. The second kappa shape index (κ2) is 7.18. The second-order valence-corrected chi connectivity index (χ2v) is 4.87. The quantitative estimate of drug-likeness (QED) is 0.869. The summed E-state index contributed by atoms with van der Waals surface area (Å²) in [6, 6.07) is 9.24. The van der Waals surface area contributed by atoms with Crippen molar-refractivity contribution in [1.29, 1.82) is 0 Å². The van der Waals surface area contributed by atoms with Crippen LogP contribution in [-0.2, 0) is 13.2 Å². The van der Waals surface area contributed by atoms with Crippen LogP contribution in [0.25, 0.3) is 0 Å². The lowest BCUT2D eigenvalue weighted by molar-refractivity contribution is 0.293. The Balaban J connectivity index is 2.17. The third-order valence-corrected chi connectivity index (χ3v) is 3.24. The molecule has 0 saturated heterocycles. The molecule has 2 rings (SSSR count). The fourth-order valence-corrected chi connectivity index (χ4v) is 2.12. The van der Waals surface area contributed by atoms with Crippen molar-refractivity contribution >= 4 is 0 Å². The number of hydrogen-bond donors (Lipinski definition) is 1. The maximum atomic E-state index is 13.6. The lowest BCUT2D eigenvalue weighted by Gasteiger charge is -2.15. The predicted molar refractivity (Wildman–Crippen MR) is 79.2 cm³/mol. The molecule has 0 aliphatic heterocycles. The summed E-state index contributed by atoms with van der Waals surface area (Å²) in [4.78, 5) is 0. The van der Waals surface area contributed by atoms with Gasteiger partial charge < -0.3 is 10.1 Å². The molecule has 0 saturated carbocycles. The number of ether oxygens (including phenoxy) is 1. The van der Waals surface area contributed by atoms with Crippen LogP contribution in [0.1, 0.15) is 23.6 Å². The average molecular weight is 291 g/mol. The highest BCUT2D eigenvalue weighted by molar-refractivity contribution is 5.41. The molecule has 21 heavy (non-hydrogen) atoms. The van der Waals surface area contributed by atoms with Gasteiger partial charge in [0.05, 0.1) is 0 Å². The molecule has 112 valence electrons. The summed E-state index contributed by atoms with van der Waals surface area (Å²) >= 11 is 0. The standard InChI is InChI=1S/C17H19F2NO/c1-3-20-10-13-6-4-5-12(2)17(13)21-11-14-9-15(18)7-8-16(14)19/h4-9,20H,3,10-11H2,1-2H3. The first-order valence-corrected chi connectivity index (χ1v) is 6.97. The van der Waals surface area contributed by atoms with Crippen molar-refractivity contribution in [2.45, 2.75) is 27.0 Å². The van der Waals surface area contributed by atoms with Gasteiger partial charge in [-0.15, -0.1) is 0 Å². The monoisotopic (exact) mass is 291 g/mol. The molecule has 0 heterocycles. The highest BCUT2D eigenvalue weighted by atomic mass is 19.1. The SMILES string of the molecule is CCNCc1cccc(C)c1OCc1cc(F)ccc1F. The van der Waals surface area contributed by atoms with E-state index in [0.29, 0.717) is 6.54 Å². The average Bonchev–Trinajstić information content (AvgIpc) is 2.47. The van der Waals surface area contributed by atoms with E-state index in [1.807, 2.05) is 32.0 Å². The zero-order chi connectivity index (χ0) is 15.2. The van der Waals surface area contributed by atoms with E-state index in [1.165, 1.54) is 0 Å². The summed E-state index contributed by atoms with van der Waals surface area (Å²) < 4.78 is 32.5. The van der Waals surface area contributed by atoms with Crippen molar-refractivity contribution in [1.82, 2.24) is 5.32 Å². The number of nitrogens with one attached hydrogen (secondary N) is 1. The van der Waals surface area contributed by atoms with Crippen LogP contribution < -0.4 is 10.1 Å². The van der Waals surface area contributed by atoms with Crippen LogP contribution >= 0.6 is 0 Å². The predicted octanol–water partition coefficient (Wildman–Crippen LogP) is 3.96. The number of benzene rings is 2. The Morgan fingerprint density at radius 3 is 2.67 bits per heavy atom. The van der Waals surface area contributed by atoms with Crippen molar-refractivity contribution in [2.24, 2.45) is 0 Å². The molecular weight excluding hydrogens is 272 g/mol. The molecule has 0 spiro atoms. The van der Waals surface area contributed by atoms with E-state index in [9.17, 15) is 8.78 Å². The minimum Gasteiger partial charge on any atom is -0.488 e. The maximum Gasteiger partial charge on any atom is 0.130 e. The number of aryl methyl sites for hydroxylation is 1. The number of halogens is 2. The van der Waals surface area contributed by atoms with Gasteiger partial charge in [0, 0.05) is 17.7 Å². The number of rotatable bonds is 6. The third kappa shape index (κ3) is 4.02. The summed E-state index contributed by atoms with van der Waals surface area (Å²) in [6.45, 7) is 5.50. The lowest BCUT2D eigenvalue weighted by atomic mass is 10.1. The van der Waals surface area contributed by atoms with Crippen LogP contribution in [-0.4, -0.2) is 6.54 Å². The van der Waals surface area contributed by atoms with Gasteiger partial charge in [0.25, 0.3) is 0 Å². The van der Waals surface area contributed by atoms with Gasteiger partial charge in [0.1, 0.15) is 24.0 Å². The first-order chi connectivity index (χ1) is 10.1. The first-order valence-electron chi connectivity index (χ1n) is 6.97. The first kappa shape index (κ1) is 15.4. The van der Waals surface area contributed by atoms with Crippen molar-refractivity contribution in [3.63, 3.8) is 0 Å². The molecule has 2 nitrogen and oxygen atoms in total. The van der Waals surface area contributed by atoms with Gasteiger partial charge in [0.15, 0.2) is 0 Å². The van der Waals surface area contributed by atoms with Crippen LogP contribution in [0.5, 0.6) is 5.75 Å². The molecule has 2 aromatic carbocycles. The van der Waals surface area contributed by atoms with Crippen LogP contribution in [0.4, 0.5) is 8.78 Å². The van der Waals surface area contributed by atoms with Gasteiger partial charge in [-0.1, -0.05) is 25.1 Å². The zero-order valence-electron chi connectivity index (χ0n) is 12.2. The Morgan fingerprint density at radius 1 is 1.10 bits per heavy atom. The molecule has 0 radical (unpaired) electrons. The van der Waals surface area contributed by atoms with Crippen molar-refractivity contribution in [3.8, 4) is 5.75 Å². The minimum atomic E-state index is -0.465. The summed E-state index contributed by atoms with van der Waals surface area (Å²) in [5, 5.41) is 3.24. The largest absolute Gasteiger partial charge is 0.488 e. The van der Waals surface area contributed by atoms with Crippen molar-refractivity contribution in [3.05, 3.63) is 64.7 Å². The maximum absolute atomic E-state index is 13.6. The number of para-hydroxylation sites is 1. The lowest BCUT2D eigenvalue weighted by Crippen LogP contribution is -2.13. The highest BCUT2D eigenvalue weighted by Crippen LogP contribution is 2.25. The van der Waals surface area contributed by atoms with E-state index < -0.39 is 11.6 Å². The van der Waals surface area contributed by atoms with E-state index in [2.05, 4.69) is 5.32 Å². The van der Waals surface area contributed by atoms with Crippen LogP contribution in [0.2, 0.25) is 0 Å². The fraction of sp³-hybridized carbons (Fsp3) is 0.294. The van der Waals surface area contributed by atoms with E-state index in [-0.39, 0.29) is 12.2 Å². The van der Waals surface area contributed by atoms with E-state index in [0.717, 1.165) is 41.6 Å². The molecule has 0 aromatic heterocycles. The third-order valence-electron chi connectivity index (χ3n) is 3.24. The smallest absolute Gasteiger partial charge is 0.130 e. The molecule has 1 N–H and O–H groups in total. The van der Waals surface area contributed by atoms with Crippen LogP contribution in [0, 0.1) is 18.6 Å². The Labute approximate surface area is 123 Å². The van der Waals surface area contributed by atoms with Gasteiger partial charge in [-0.25, -0.2) is 8.78 Å².